The van der Waals surface area contributed by atoms with E-state index < -0.39 is 32.8 Å². The third-order valence-corrected chi connectivity index (χ3v) is 11.6. The van der Waals surface area contributed by atoms with Gasteiger partial charge in [-0.15, -0.1) is 0 Å². The number of anilines is 1. The van der Waals surface area contributed by atoms with Gasteiger partial charge in [-0.1, -0.05) is 42.5 Å². The average molecular weight is 665 g/mol. The number of fused-ring (bicyclic) bond motifs is 2. The highest BCUT2D eigenvalue weighted by atomic mass is 32.2. The van der Waals surface area contributed by atoms with Crippen molar-refractivity contribution in [2.45, 2.75) is 81.0 Å². The average Bonchev–Trinajstić information content (AvgIpc) is 3.86. The van der Waals surface area contributed by atoms with Crippen molar-refractivity contribution in [3.63, 3.8) is 0 Å². The third kappa shape index (κ3) is 7.38. The van der Waals surface area contributed by atoms with Gasteiger partial charge >= 0.3 is 0 Å². The lowest BCUT2D eigenvalue weighted by Crippen LogP contribution is -2.53. The van der Waals surface area contributed by atoms with Crippen LogP contribution in [0.2, 0.25) is 0 Å². The van der Waals surface area contributed by atoms with Crippen molar-refractivity contribution in [3.8, 4) is 5.75 Å². The first-order chi connectivity index (χ1) is 22.7. The number of hydrogen-bond donors (Lipinski definition) is 3. The van der Waals surface area contributed by atoms with Gasteiger partial charge in [0.25, 0.3) is 5.91 Å². The fraction of sp³-hybridized carbons (Fsp3) is 0.500. The number of carbonyl (C=O) groups is 2. The zero-order valence-electron chi connectivity index (χ0n) is 26.9. The molecule has 13 heteroatoms. The fourth-order valence-electron chi connectivity index (χ4n) is 6.96. The second kappa shape index (κ2) is 14.1. The van der Waals surface area contributed by atoms with E-state index in [2.05, 4.69) is 20.3 Å². The van der Waals surface area contributed by atoms with Crippen LogP contribution in [0.4, 0.5) is 5.82 Å². The highest BCUT2D eigenvalue weighted by molar-refractivity contribution is 7.90. The number of benzene rings is 2. The van der Waals surface area contributed by atoms with E-state index in [1.807, 2.05) is 66.4 Å². The molecule has 2 bridgehead atoms. The summed E-state index contributed by atoms with van der Waals surface area (Å²) >= 11 is 0. The molecule has 3 N–H and O–H groups in total. The molecule has 3 saturated heterocycles. The Kier molecular flexibility index (Phi) is 9.97. The Labute approximate surface area is 276 Å². The van der Waals surface area contributed by atoms with Crippen molar-refractivity contribution < 1.29 is 27.5 Å². The van der Waals surface area contributed by atoms with Gasteiger partial charge in [-0.25, -0.2) is 18.1 Å². The predicted molar refractivity (Wildman–Crippen MR) is 177 cm³/mol. The van der Waals surface area contributed by atoms with Crippen LogP contribution in [-0.4, -0.2) is 84.9 Å². The Morgan fingerprint density at radius 2 is 1.72 bits per heavy atom. The molecular weight excluding hydrogens is 620 g/mol. The molecule has 252 valence electrons. The number of piperidine rings is 1. The van der Waals surface area contributed by atoms with Crippen LogP contribution in [0.5, 0.6) is 5.75 Å². The quantitative estimate of drug-likeness (QED) is 0.253. The molecule has 3 aliphatic rings. The molecule has 0 aliphatic carbocycles. The Hall–Kier alpha value is -3.78. The van der Waals surface area contributed by atoms with Crippen LogP contribution in [0.1, 0.15) is 56.6 Å². The van der Waals surface area contributed by atoms with Gasteiger partial charge in [0.15, 0.2) is 5.82 Å². The number of ether oxygens (including phenoxy) is 2. The SMILES string of the molecule is COc1ccc(C(C)(C(=O)N2CCCC2)n2cnc(NC(=O)C(COCc3ccccc3)NS(=O)(=O)C3CC4CCC(C3)N4)c2)cc1. The lowest BCUT2D eigenvalue weighted by molar-refractivity contribution is -0.137. The molecule has 3 aromatic rings. The number of sulfonamides is 1. The molecule has 4 heterocycles. The number of carbonyl (C=O) groups excluding carboxylic acids is 2. The first-order valence-corrected chi connectivity index (χ1v) is 17.9. The van der Waals surface area contributed by atoms with Crippen LogP contribution in [0.25, 0.3) is 0 Å². The van der Waals surface area contributed by atoms with Crippen LogP contribution in [0.15, 0.2) is 67.1 Å². The van der Waals surface area contributed by atoms with E-state index in [1.54, 1.807) is 17.9 Å². The molecule has 12 nitrogen and oxygen atoms in total. The number of hydrogen-bond acceptors (Lipinski definition) is 8. The van der Waals surface area contributed by atoms with Crippen LogP contribution in [-0.2, 0) is 36.5 Å². The standard InChI is InChI=1S/C34H44N6O6S/c1-34(33(42)39-16-6-7-17-39,25-10-14-28(45-2)15-11-25)40-20-31(35-23-40)37-32(41)30(22-46-21-24-8-4-3-5-9-24)38-47(43,44)29-18-26-12-13-27(19-29)36-26/h3-5,8-11,14-15,20,23,26-27,29-30,36,38H,6-7,12-13,16-19,21-22H2,1-2H3,(H,37,41). The van der Waals surface area contributed by atoms with Crippen LogP contribution in [0.3, 0.4) is 0 Å². The lowest BCUT2D eigenvalue weighted by Gasteiger charge is -2.34. The molecule has 0 radical (unpaired) electrons. The van der Waals surface area contributed by atoms with E-state index in [0.29, 0.717) is 31.7 Å². The Morgan fingerprint density at radius 1 is 1.04 bits per heavy atom. The van der Waals surface area contributed by atoms with Gasteiger partial charge in [0.2, 0.25) is 15.9 Å². The van der Waals surface area contributed by atoms with E-state index in [9.17, 15) is 18.0 Å². The number of aromatic nitrogens is 2. The minimum Gasteiger partial charge on any atom is -0.497 e. The summed E-state index contributed by atoms with van der Waals surface area (Å²) < 4.78 is 42.8. The first kappa shape index (κ1) is 33.1. The highest BCUT2D eigenvalue weighted by Gasteiger charge is 2.43. The summed E-state index contributed by atoms with van der Waals surface area (Å²) in [6.07, 6.45) is 7.93. The van der Waals surface area contributed by atoms with Gasteiger partial charge < -0.3 is 29.6 Å². The smallest absolute Gasteiger partial charge is 0.253 e. The molecule has 1 aromatic heterocycles. The highest BCUT2D eigenvalue weighted by Crippen LogP contribution is 2.33. The van der Waals surface area contributed by atoms with Gasteiger partial charge in [-0.2, -0.15) is 0 Å². The fourth-order valence-corrected chi connectivity index (χ4v) is 8.69. The summed E-state index contributed by atoms with van der Waals surface area (Å²) in [5, 5.41) is 5.66. The van der Waals surface area contributed by atoms with E-state index in [4.69, 9.17) is 9.47 Å². The molecule has 4 unspecified atom stereocenters. The molecular formula is C34H44N6O6S. The molecule has 4 atom stereocenters. The van der Waals surface area contributed by atoms with Gasteiger partial charge in [-0.05, 0) is 68.7 Å². The van der Waals surface area contributed by atoms with Crippen molar-refractivity contribution in [3.05, 3.63) is 78.2 Å². The van der Waals surface area contributed by atoms with Gasteiger partial charge in [0.1, 0.15) is 17.3 Å². The van der Waals surface area contributed by atoms with Crippen molar-refractivity contribution in [1.82, 2.24) is 24.5 Å². The summed E-state index contributed by atoms with van der Waals surface area (Å²) in [5.74, 6) is 0.187. The van der Waals surface area contributed by atoms with Crippen molar-refractivity contribution in [2.24, 2.45) is 0 Å². The lowest BCUT2D eigenvalue weighted by atomic mass is 9.90. The van der Waals surface area contributed by atoms with Gasteiger partial charge in [0.05, 0.1) is 31.9 Å². The topological polar surface area (TPSA) is 144 Å². The van der Waals surface area contributed by atoms with Crippen molar-refractivity contribution in [1.29, 1.82) is 0 Å². The van der Waals surface area contributed by atoms with E-state index >= 15 is 0 Å². The van der Waals surface area contributed by atoms with Crippen molar-refractivity contribution >= 4 is 27.7 Å². The number of methoxy groups -OCH3 is 1. The van der Waals surface area contributed by atoms with Crippen molar-refractivity contribution in [2.75, 3.05) is 32.1 Å². The maximum Gasteiger partial charge on any atom is 0.253 e. The summed E-state index contributed by atoms with van der Waals surface area (Å²) in [4.78, 5) is 34.0. The molecule has 3 aliphatic heterocycles. The molecule has 0 saturated carbocycles. The molecule has 6 rings (SSSR count). The second-order valence-corrected chi connectivity index (χ2v) is 14.9. The Balaban J connectivity index is 1.22. The van der Waals surface area contributed by atoms with E-state index in [1.165, 1.54) is 6.33 Å². The first-order valence-electron chi connectivity index (χ1n) is 16.3. The maximum absolute atomic E-state index is 14.0. The zero-order chi connectivity index (χ0) is 33.0. The number of imidazole rings is 1. The number of amides is 2. The molecule has 3 fully saturated rings. The minimum absolute atomic E-state index is 0.0775. The summed E-state index contributed by atoms with van der Waals surface area (Å²) in [7, 11) is -2.25. The zero-order valence-corrected chi connectivity index (χ0v) is 27.7. The summed E-state index contributed by atoms with van der Waals surface area (Å²) in [6.45, 7) is 3.23. The maximum atomic E-state index is 14.0. The minimum atomic E-state index is -3.84. The van der Waals surface area contributed by atoms with Crippen LogP contribution >= 0.6 is 0 Å². The predicted octanol–water partition coefficient (Wildman–Crippen LogP) is 3.00. The van der Waals surface area contributed by atoms with E-state index in [0.717, 1.165) is 36.8 Å². The van der Waals surface area contributed by atoms with Crippen LogP contribution < -0.4 is 20.1 Å². The Morgan fingerprint density at radius 3 is 2.38 bits per heavy atom. The number of likely N-dealkylation sites (tertiary alicyclic amines) is 1. The van der Waals surface area contributed by atoms with Crippen LogP contribution in [0, 0.1) is 0 Å². The molecule has 2 amide bonds. The second-order valence-electron chi connectivity index (χ2n) is 12.9. The van der Waals surface area contributed by atoms with Gasteiger partial charge in [-0.3, -0.25) is 9.59 Å². The molecule has 2 aromatic carbocycles. The summed E-state index contributed by atoms with van der Waals surface area (Å²) in [5.41, 5.74) is 0.492. The third-order valence-electron chi connectivity index (χ3n) is 9.70. The summed E-state index contributed by atoms with van der Waals surface area (Å²) in [6, 6.07) is 16.0. The largest absolute Gasteiger partial charge is 0.497 e. The molecule has 47 heavy (non-hydrogen) atoms. The number of nitrogens with one attached hydrogen (secondary N) is 3. The Bertz CT molecular complexity index is 1630. The number of nitrogens with zero attached hydrogens (tertiary/aromatic N) is 3. The monoisotopic (exact) mass is 664 g/mol. The van der Waals surface area contributed by atoms with Gasteiger partial charge in [0, 0.05) is 31.4 Å². The normalized spacial score (nSPS) is 22.9. The van der Waals surface area contributed by atoms with E-state index in [-0.39, 0.29) is 37.0 Å². The number of rotatable bonds is 13. The molecule has 0 spiro atoms.